The van der Waals surface area contributed by atoms with Crippen LogP contribution in [0.25, 0.3) is 10.6 Å². The van der Waals surface area contributed by atoms with Crippen LogP contribution in [-0.4, -0.2) is 56.2 Å². The van der Waals surface area contributed by atoms with Gasteiger partial charge < -0.3 is 14.5 Å². The number of anilines is 1. The van der Waals surface area contributed by atoms with Crippen molar-refractivity contribution in [1.82, 2.24) is 9.88 Å². The topological polar surface area (TPSA) is 45.7 Å². The molecule has 0 radical (unpaired) electrons. The fourth-order valence-corrected chi connectivity index (χ4v) is 3.28. The van der Waals surface area contributed by atoms with Gasteiger partial charge in [0.2, 0.25) is 0 Å². The number of carbonyl (C=O) groups is 1. The highest BCUT2D eigenvalue weighted by Crippen LogP contribution is 2.26. The van der Waals surface area contributed by atoms with Crippen LogP contribution in [0.2, 0.25) is 0 Å². The van der Waals surface area contributed by atoms with E-state index in [0.29, 0.717) is 5.69 Å². The van der Waals surface area contributed by atoms with Crippen LogP contribution in [0.5, 0.6) is 0 Å². The third kappa shape index (κ3) is 3.13. The molecule has 0 amide bonds. The molecule has 1 saturated heterocycles. The summed E-state index contributed by atoms with van der Waals surface area (Å²) in [7, 11) is 3.52. The van der Waals surface area contributed by atoms with Gasteiger partial charge in [-0.15, -0.1) is 11.3 Å². The zero-order chi connectivity index (χ0) is 15.5. The van der Waals surface area contributed by atoms with Gasteiger partial charge in [0, 0.05) is 42.8 Å². The van der Waals surface area contributed by atoms with Crippen LogP contribution in [0, 0.1) is 0 Å². The molecule has 1 aromatic carbocycles. The Morgan fingerprint density at radius 1 is 1.18 bits per heavy atom. The number of hydrogen-bond acceptors (Lipinski definition) is 6. The van der Waals surface area contributed by atoms with Gasteiger partial charge in [-0.25, -0.2) is 9.78 Å². The molecule has 116 valence electrons. The third-order valence-electron chi connectivity index (χ3n) is 3.88. The summed E-state index contributed by atoms with van der Waals surface area (Å²) in [6, 6.07) is 8.38. The van der Waals surface area contributed by atoms with Crippen molar-refractivity contribution in [2.75, 3.05) is 45.2 Å². The quantitative estimate of drug-likeness (QED) is 0.813. The first-order valence-corrected chi connectivity index (χ1v) is 8.13. The van der Waals surface area contributed by atoms with Crippen molar-refractivity contribution in [3.05, 3.63) is 35.3 Å². The van der Waals surface area contributed by atoms with Gasteiger partial charge in [-0.05, 0) is 31.3 Å². The van der Waals surface area contributed by atoms with E-state index in [9.17, 15) is 4.79 Å². The summed E-state index contributed by atoms with van der Waals surface area (Å²) < 4.78 is 4.69. The fraction of sp³-hybridized carbons (Fsp3) is 0.375. The largest absolute Gasteiger partial charge is 0.464 e. The Bertz CT molecular complexity index is 646. The van der Waals surface area contributed by atoms with E-state index in [0.717, 1.165) is 36.8 Å². The van der Waals surface area contributed by atoms with E-state index < -0.39 is 5.97 Å². The van der Waals surface area contributed by atoms with Crippen molar-refractivity contribution in [3.63, 3.8) is 0 Å². The molecule has 0 saturated carbocycles. The smallest absolute Gasteiger partial charge is 0.357 e. The maximum Gasteiger partial charge on any atom is 0.357 e. The lowest BCUT2D eigenvalue weighted by atomic mass is 10.2. The van der Waals surface area contributed by atoms with Crippen LogP contribution in [-0.2, 0) is 4.74 Å². The number of methoxy groups -OCH3 is 1. The lowest BCUT2D eigenvalue weighted by Gasteiger charge is -2.34. The van der Waals surface area contributed by atoms with Crippen molar-refractivity contribution in [2.45, 2.75) is 0 Å². The van der Waals surface area contributed by atoms with Gasteiger partial charge in [0.1, 0.15) is 5.01 Å². The van der Waals surface area contributed by atoms with Crippen LogP contribution in [0.15, 0.2) is 29.6 Å². The van der Waals surface area contributed by atoms with Gasteiger partial charge in [-0.1, -0.05) is 0 Å². The molecule has 2 heterocycles. The van der Waals surface area contributed by atoms with Crippen molar-refractivity contribution in [1.29, 1.82) is 0 Å². The van der Waals surface area contributed by atoms with E-state index in [1.54, 1.807) is 5.38 Å². The minimum absolute atomic E-state index is 0.366. The van der Waals surface area contributed by atoms with Crippen molar-refractivity contribution < 1.29 is 9.53 Å². The van der Waals surface area contributed by atoms with E-state index in [2.05, 4.69) is 50.8 Å². The second-order valence-corrected chi connectivity index (χ2v) is 6.22. The molecule has 1 aromatic heterocycles. The first kappa shape index (κ1) is 15.0. The number of piperazine rings is 1. The van der Waals surface area contributed by atoms with Crippen molar-refractivity contribution >= 4 is 23.0 Å². The van der Waals surface area contributed by atoms with Crippen molar-refractivity contribution in [3.8, 4) is 10.6 Å². The second kappa shape index (κ2) is 6.46. The standard InChI is InChI=1S/C16H19N3O2S/c1-18-7-9-19(10-8-18)13-5-3-12(4-6-13)15-17-14(11-22-15)16(20)21-2/h3-6,11H,7-10H2,1-2H3. The molecule has 0 aliphatic carbocycles. The average molecular weight is 317 g/mol. The predicted molar refractivity (Wildman–Crippen MR) is 88.6 cm³/mol. The van der Waals surface area contributed by atoms with E-state index in [4.69, 9.17) is 0 Å². The average Bonchev–Trinajstić information content (AvgIpc) is 3.05. The van der Waals surface area contributed by atoms with Gasteiger partial charge in [-0.3, -0.25) is 0 Å². The highest BCUT2D eigenvalue weighted by atomic mass is 32.1. The maximum absolute atomic E-state index is 11.5. The Balaban J connectivity index is 1.74. The summed E-state index contributed by atoms with van der Waals surface area (Å²) in [4.78, 5) is 20.5. The SMILES string of the molecule is COC(=O)c1csc(-c2ccc(N3CCN(C)CC3)cc2)n1. The van der Waals surface area contributed by atoms with Crippen LogP contribution in [0.1, 0.15) is 10.5 Å². The summed E-state index contributed by atoms with van der Waals surface area (Å²) in [6.07, 6.45) is 0. The van der Waals surface area contributed by atoms with Gasteiger partial charge in [-0.2, -0.15) is 0 Å². The first-order chi connectivity index (χ1) is 10.7. The molecule has 0 spiro atoms. The van der Waals surface area contributed by atoms with Crippen LogP contribution in [0.4, 0.5) is 5.69 Å². The van der Waals surface area contributed by atoms with E-state index in [-0.39, 0.29) is 0 Å². The molecule has 0 unspecified atom stereocenters. The Morgan fingerprint density at radius 2 is 1.86 bits per heavy atom. The maximum atomic E-state index is 11.5. The second-order valence-electron chi connectivity index (χ2n) is 5.37. The first-order valence-electron chi connectivity index (χ1n) is 7.25. The molecule has 0 atom stereocenters. The predicted octanol–water partition coefficient (Wildman–Crippen LogP) is 2.35. The molecule has 2 aromatic rings. The van der Waals surface area contributed by atoms with Gasteiger partial charge in [0.15, 0.2) is 5.69 Å². The van der Waals surface area contributed by atoms with E-state index in [1.165, 1.54) is 24.1 Å². The highest BCUT2D eigenvalue weighted by molar-refractivity contribution is 7.13. The molecular weight excluding hydrogens is 298 g/mol. The molecule has 1 fully saturated rings. The monoisotopic (exact) mass is 317 g/mol. The zero-order valence-corrected chi connectivity index (χ0v) is 13.6. The summed E-state index contributed by atoms with van der Waals surface area (Å²) in [5.41, 5.74) is 2.63. The number of ether oxygens (including phenoxy) is 1. The molecule has 0 N–H and O–H groups in total. The van der Waals surface area contributed by atoms with E-state index >= 15 is 0 Å². The minimum Gasteiger partial charge on any atom is -0.464 e. The lowest BCUT2D eigenvalue weighted by molar-refractivity contribution is 0.0595. The molecular formula is C16H19N3O2S. The summed E-state index contributed by atoms with van der Waals surface area (Å²) >= 11 is 1.46. The number of esters is 1. The third-order valence-corrected chi connectivity index (χ3v) is 4.77. The van der Waals surface area contributed by atoms with Crippen molar-refractivity contribution in [2.24, 2.45) is 0 Å². The summed E-state index contributed by atoms with van der Waals surface area (Å²) in [6.45, 7) is 4.30. The number of nitrogens with zero attached hydrogens (tertiary/aromatic N) is 3. The normalized spacial score (nSPS) is 15.8. The number of likely N-dealkylation sites (N-methyl/N-ethyl adjacent to an activating group) is 1. The summed E-state index contributed by atoms with van der Waals surface area (Å²) in [5.74, 6) is -0.392. The molecule has 1 aliphatic rings. The molecule has 5 nitrogen and oxygen atoms in total. The molecule has 22 heavy (non-hydrogen) atoms. The van der Waals surface area contributed by atoms with Gasteiger partial charge in [0.05, 0.1) is 7.11 Å². The number of carbonyl (C=O) groups excluding carboxylic acids is 1. The lowest BCUT2D eigenvalue weighted by Crippen LogP contribution is -2.44. The molecule has 1 aliphatic heterocycles. The fourth-order valence-electron chi connectivity index (χ4n) is 2.48. The Morgan fingerprint density at radius 3 is 2.50 bits per heavy atom. The Kier molecular flexibility index (Phi) is 4.40. The van der Waals surface area contributed by atoms with E-state index in [1.807, 2.05) is 0 Å². The number of hydrogen-bond donors (Lipinski definition) is 0. The number of benzene rings is 1. The Labute approximate surface area is 134 Å². The highest BCUT2D eigenvalue weighted by Gasteiger charge is 2.15. The minimum atomic E-state index is -0.392. The number of thiazole rings is 1. The zero-order valence-electron chi connectivity index (χ0n) is 12.8. The molecule has 3 rings (SSSR count). The van der Waals surface area contributed by atoms with Crippen LogP contribution in [0.3, 0.4) is 0 Å². The molecule has 0 bridgehead atoms. The summed E-state index contributed by atoms with van der Waals surface area (Å²) in [5, 5.41) is 2.57. The molecule has 6 heteroatoms. The van der Waals surface area contributed by atoms with Crippen LogP contribution < -0.4 is 4.90 Å². The number of aromatic nitrogens is 1. The number of rotatable bonds is 3. The van der Waals surface area contributed by atoms with Crippen LogP contribution >= 0.6 is 11.3 Å². The van der Waals surface area contributed by atoms with Gasteiger partial charge in [0.25, 0.3) is 0 Å². The van der Waals surface area contributed by atoms with Gasteiger partial charge >= 0.3 is 5.97 Å². The Hall–Kier alpha value is -1.92.